The van der Waals surface area contributed by atoms with Gasteiger partial charge in [0.1, 0.15) is 5.60 Å². The predicted octanol–water partition coefficient (Wildman–Crippen LogP) is 1.28. The van der Waals surface area contributed by atoms with Crippen molar-refractivity contribution < 1.29 is 5.11 Å². The average molecular weight is 304 g/mol. The molecule has 122 valence electrons. The summed E-state index contributed by atoms with van der Waals surface area (Å²) in [6.07, 6.45) is 2.45. The number of aliphatic imine (C=N–C) groups is 1. The Hall–Kier alpha value is -1.59. The summed E-state index contributed by atoms with van der Waals surface area (Å²) in [7, 11) is 0. The summed E-state index contributed by atoms with van der Waals surface area (Å²) in [6, 6.07) is 10.1. The normalized spacial score (nSPS) is 22.5. The van der Waals surface area contributed by atoms with Crippen molar-refractivity contribution in [1.29, 1.82) is 0 Å². The van der Waals surface area contributed by atoms with E-state index in [2.05, 4.69) is 22.1 Å². The van der Waals surface area contributed by atoms with E-state index in [1.807, 2.05) is 30.3 Å². The van der Waals surface area contributed by atoms with Crippen LogP contribution in [0.4, 0.5) is 0 Å². The summed E-state index contributed by atoms with van der Waals surface area (Å²) in [5.74, 6) is 0.402. The van der Waals surface area contributed by atoms with E-state index in [4.69, 9.17) is 5.73 Å². The van der Waals surface area contributed by atoms with Crippen molar-refractivity contribution in [3.05, 3.63) is 35.9 Å². The van der Waals surface area contributed by atoms with Crippen LogP contribution in [0, 0.1) is 0 Å². The summed E-state index contributed by atoms with van der Waals surface area (Å²) in [5.41, 5.74) is 5.78. The molecule has 5 heteroatoms. The summed E-state index contributed by atoms with van der Waals surface area (Å²) in [6.45, 7) is 7.26. The van der Waals surface area contributed by atoms with Crippen LogP contribution in [0.5, 0.6) is 0 Å². The molecule has 2 atom stereocenters. The second-order valence-corrected chi connectivity index (χ2v) is 6.15. The minimum Gasteiger partial charge on any atom is -0.384 e. The molecule has 1 aromatic rings. The maximum atomic E-state index is 10.5. The Balaban J connectivity index is 1.84. The van der Waals surface area contributed by atoms with Gasteiger partial charge in [-0.05, 0) is 38.4 Å². The number of hydrogen-bond donors (Lipinski definition) is 3. The van der Waals surface area contributed by atoms with E-state index in [1.54, 1.807) is 6.92 Å². The molecule has 0 bridgehead atoms. The third kappa shape index (κ3) is 4.45. The lowest BCUT2D eigenvalue weighted by molar-refractivity contribution is 0.0673. The lowest BCUT2D eigenvalue weighted by Gasteiger charge is -2.24. The lowest BCUT2D eigenvalue weighted by atomic mass is 9.96. The lowest BCUT2D eigenvalue weighted by Crippen LogP contribution is -2.43. The molecule has 5 nitrogen and oxygen atoms in total. The molecule has 1 fully saturated rings. The molecule has 0 amide bonds. The fourth-order valence-corrected chi connectivity index (χ4v) is 2.95. The van der Waals surface area contributed by atoms with Crippen molar-refractivity contribution in [1.82, 2.24) is 10.2 Å². The maximum absolute atomic E-state index is 10.5. The van der Waals surface area contributed by atoms with Crippen molar-refractivity contribution in [3.8, 4) is 0 Å². The molecule has 22 heavy (non-hydrogen) atoms. The molecule has 0 aliphatic carbocycles. The van der Waals surface area contributed by atoms with Crippen molar-refractivity contribution in [3.63, 3.8) is 0 Å². The fourth-order valence-electron chi connectivity index (χ4n) is 2.95. The van der Waals surface area contributed by atoms with Crippen LogP contribution in [-0.2, 0) is 5.60 Å². The first-order valence-electron chi connectivity index (χ1n) is 8.08. The molecule has 0 aromatic heterocycles. The van der Waals surface area contributed by atoms with Crippen LogP contribution >= 0.6 is 0 Å². The minimum absolute atomic E-state index is 0.248. The Morgan fingerprint density at radius 1 is 1.45 bits per heavy atom. The van der Waals surface area contributed by atoms with Gasteiger partial charge in [0.25, 0.3) is 0 Å². The number of nitrogens with two attached hydrogens (primary N) is 1. The predicted molar refractivity (Wildman–Crippen MR) is 90.8 cm³/mol. The Kier molecular flexibility index (Phi) is 5.80. The molecule has 1 heterocycles. The van der Waals surface area contributed by atoms with Crippen molar-refractivity contribution >= 4 is 5.96 Å². The molecule has 0 radical (unpaired) electrons. The highest BCUT2D eigenvalue weighted by molar-refractivity contribution is 5.77. The van der Waals surface area contributed by atoms with Crippen LogP contribution in [0.2, 0.25) is 0 Å². The van der Waals surface area contributed by atoms with E-state index in [-0.39, 0.29) is 6.54 Å². The van der Waals surface area contributed by atoms with Gasteiger partial charge in [-0.25, -0.2) is 0 Å². The first-order chi connectivity index (χ1) is 10.5. The molecular weight excluding hydrogens is 276 g/mol. The van der Waals surface area contributed by atoms with E-state index in [1.165, 1.54) is 19.4 Å². The van der Waals surface area contributed by atoms with Gasteiger partial charge in [0.15, 0.2) is 5.96 Å². The van der Waals surface area contributed by atoms with Crippen LogP contribution in [0.3, 0.4) is 0 Å². The standard InChI is InChI=1S/C17H28N4O/c1-3-21-11-7-10-15(21)12-19-16(18)20-13-17(2,22)14-8-5-4-6-9-14/h4-6,8-9,15,22H,3,7,10-13H2,1-2H3,(H3,18,19,20). The van der Waals surface area contributed by atoms with Crippen molar-refractivity contribution in [2.45, 2.75) is 38.3 Å². The molecule has 4 N–H and O–H groups in total. The molecule has 2 unspecified atom stereocenters. The summed E-state index contributed by atoms with van der Waals surface area (Å²) in [5, 5.41) is 13.7. The zero-order chi connectivity index (χ0) is 16.0. The van der Waals surface area contributed by atoms with Gasteiger partial charge in [0.2, 0.25) is 0 Å². The van der Waals surface area contributed by atoms with Crippen LogP contribution in [0.1, 0.15) is 32.3 Å². The topological polar surface area (TPSA) is 73.9 Å². The van der Waals surface area contributed by atoms with E-state index < -0.39 is 5.60 Å². The summed E-state index contributed by atoms with van der Waals surface area (Å²) < 4.78 is 0. The van der Waals surface area contributed by atoms with Gasteiger partial charge < -0.3 is 16.2 Å². The highest BCUT2D eigenvalue weighted by Crippen LogP contribution is 2.20. The molecule has 1 aliphatic heterocycles. The minimum atomic E-state index is -1.00. The summed E-state index contributed by atoms with van der Waals surface area (Å²) >= 11 is 0. The van der Waals surface area contributed by atoms with Crippen LogP contribution < -0.4 is 11.1 Å². The number of guanidine groups is 1. The SMILES string of the molecule is CCN1CCCC1CNC(N)=NCC(C)(O)c1ccccc1. The molecular formula is C17H28N4O. The zero-order valence-corrected chi connectivity index (χ0v) is 13.6. The van der Waals surface area contributed by atoms with Crippen molar-refractivity contribution in [2.24, 2.45) is 10.7 Å². The largest absolute Gasteiger partial charge is 0.384 e. The van der Waals surface area contributed by atoms with Gasteiger partial charge in [-0.15, -0.1) is 0 Å². The van der Waals surface area contributed by atoms with Gasteiger partial charge in [-0.3, -0.25) is 9.89 Å². The second kappa shape index (κ2) is 7.61. The molecule has 0 saturated carbocycles. The van der Waals surface area contributed by atoms with Gasteiger partial charge in [-0.2, -0.15) is 0 Å². The average Bonchev–Trinajstić information content (AvgIpc) is 2.99. The van der Waals surface area contributed by atoms with E-state index in [0.717, 1.165) is 18.7 Å². The Morgan fingerprint density at radius 2 is 2.18 bits per heavy atom. The highest BCUT2D eigenvalue weighted by Gasteiger charge is 2.24. The van der Waals surface area contributed by atoms with Crippen LogP contribution in [-0.4, -0.2) is 48.2 Å². The number of nitrogens with zero attached hydrogens (tertiary/aromatic N) is 2. The quantitative estimate of drug-likeness (QED) is 0.547. The van der Waals surface area contributed by atoms with Crippen LogP contribution in [0.25, 0.3) is 0 Å². The van der Waals surface area contributed by atoms with Crippen LogP contribution in [0.15, 0.2) is 35.3 Å². The molecule has 0 spiro atoms. The number of likely N-dealkylation sites (tertiary alicyclic amines) is 1. The molecule has 2 rings (SSSR count). The Morgan fingerprint density at radius 3 is 2.86 bits per heavy atom. The second-order valence-electron chi connectivity index (χ2n) is 6.15. The highest BCUT2D eigenvalue weighted by atomic mass is 16.3. The first-order valence-corrected chi connectivity index (χ1v) is 8.08. The van der Waals surface area contributed by atoms with Gasteiger partial charge in [0, 0.05) is 12.6 Å². The number of aliphatic hydroxyl groups is 1. The zero-order valence-electron chi connectivity index (χ0n) is 13.6. The molecule has 1 aromatic carbocycles. The number of rotatable bonds is 6. The fraction of sp³-hybridized carbons (Fsp3) is 0.588. The van der Waals surface area contributed by atoms with Gasteiger partial charge in [0.05, 0.1) is 6.54 Å². The van der Waals surface area contributed by atoms with Gasteiger partial charge in [-0.1, -0.05) is 37.3 Å². The molecule has 1 aliphatic rings. The van der Waals surface area contributed by atoms with E-state index >= 15 is 0 Å². The molecule has 1 saturated heterocycles. The number of benzene rings is 1. The smallest absolute Gasteiger partial charge is 0.188 e. The third-order valence-corrected chi connectivity index (χ3v) is 4.38. The van der Waals surface area contributed by atoms with E-state index in [0.29, 0.717) is 12.0 Å². The number of likely N-dealkylation sites (N-methyl/N-ethyl adjacent to an activating group) is 1. The maximum Gasteiger partial charge on any atom is 0.188 e. The Labute approximate surface area is 133 Å². The summed E-state index contributed by atoms with van der Waals surface area (Å²) in [4.78, 5) is 6.76. The Bertz CT molecular complexity index is 487. The van der Waals surface area contributed by atoms with Gasteiger partial charge >= 0.3 is 0 Å². The van der Waals surface area contributed by atoms with E-state index in [9.17, 15) is 5.11 Å². The van der Waals surface area contributed by atoms with Crippen molar-refractivity contribution in [2.75, 3.05) is 26.2 Å². The number of nitrogens with one attached hydrogen (secondary N) is 1. The monoisotopic (exact) mass is 304 g/mol. The third-order valence-electron chi connectivity index (χ3n) is 4.38. The number of hydrogen-bond acceptors (Lipinski definition) is 3. The first kappa shape index (κ1) is 16.8.